The zero-order chi connectivity index (χ0) is 17.8. The second-order valence-corrected chi connectivity index (χ2v) is 6.25. The molecule has 1 aromatic heterocycles. The number of nitrogens with zero attached hydrogens (tertiary/aromatic N) is 3. The Morgan fingerprint density at radius 1 is 1.32 bits per heavy atom. The predicted octanol–water partition coefficient (Wildman–Crippen LogP) is 3.26. The number of rotatable bonds is 3. The first kappa shape index (κ1) is 16.9. The monoisotopic (exact) mass is 338 g/mol. The number of nitriles is 1. The van der Waals surface area contributed by atoms with Gasteiger partial charge in [0.05, 0.1) is 17.3 Å². The lowest BCUT2D eigenvalue weighted by molar-refractivity contribution is -0.120. The van der Waals surface area contributed by atoms with Crippen LogP contribution in [0.15, 0.2) is 36.5 Å². The number of piperidine rings is 1. The van der Waals surface area contributed by atoms with E-state index in [9.17, 15) is 9.18 Å². The second-order valence-electron chi connectivity index (χ2n) is 6.25. The number of aromatic nitrogens is 1. The van der Waals surface area contributed by atoms with Crippen LogP contribution in [-0.2, 0) is 4.79 Å². The quantitative estimate of drug-likeness (QED) is 0.933. The third-order valence-electron chi connectivity index (χ3n) is 4.45. The smallest absolute Gasteiger partial charge is 0.228 e. The maximum absolute atomic E-state index is 14.1. The highest BCUT2D eigenvalue weighted by Crippen LogP contribution is 2.27. The molecule has 1 amide bonds. The van der Waals surface area contributed by atoms with Crippen LogP contribution in [0.3, 0.4) is 0 Å². The van der Waals surface area contributed by atoms with Crippen LogP contribution in [0, 0.1) is 30.0 Å². The summed E-state index contributed by atoms with van der Waals surface area (Å²) in [6.45, 7) is 3.15. The van der Waals surface area contributed by atoms with E-state index < -0.39 is 5.82 Å². The van der Waals surface area contributed by atoms with Gasteiger partial charge in [-0.1, -0.05) is 0 Å². The number of benzene rings is 1. The van der Waals surface area contributed by atoms with E-state index in [-0.39, 0.29) is 11.8 Å². The molecule has 1 aliphatic heterocycles. The van der Waals surface area contributed by atoms with Crippen LogP contribution in [0.2, 0.25) is 0 Å². The van der Waals surface area contributed by atoms with E-state index in [2.05, 4.69) is 10.3 Å². The van der Waals surface area contributed by atoms with E-state index in [0.29, 0.717) is 43.0 Å². The number of hydrogen-bond acceptors (Lipinski definition) is 4. The number of carbonyl (C=O) groups is 1. The Balaban J connectivity index is 1.60. The third-order valence-corrected chi connectivity index (χ3v) is 4.45. The minimum absolute atomic E-state index is 0.0435. The SMILES string of the molecule is Cc1ccnc(NC(=O)C2CCN(c3ccc(C#N)cc3F)CC2)c1. The Morgan fingerprint density at radius 3 is 2.72 bits per heavy atom. The van der Waals surface area contributed by atoms with Crippen molar-refractivity contribution in [2.75, 3.05) is 23.3 Å². The molecule has 0 aliphatic carbocycles. The average molecular weight is 338 g/mol. The van der Waals surface area contributed by atoms with Crippen LogP contribution < -0.4 is 10.2 Å². The van der Waals surface area contributed by atoms with Crippen molar-refractivity contribution in [3.8, 4) is 6.07 Å². The van der Waals surface area contributed by atoms with E-state index >= 15 is 0 Å². The summed E-state index contributed by atoms with van der Waals surface area (Å²) >= 11 is 0. The Bertz CT molecular complexity index is 822. The highest BCUT2D eigenvalue weighted by Gasteiger charge is 2.26. The number of carbonyl (C=O) groups excluding carboxylic acids is 1. The second kappa shape index (κ2) is 7.31. The molecule has 2 heterocycles. The molecular weight excluding hydrogens is 319 g/mol. The molecule has 0 radical (unpaired) electrons. The van der Waals surface area contributed by atoms with Crippen molar-refractivity contribution in [1.82, 2.24) is 4.98 Å². The summed E-state index contributed by atoms with van der Waals surface area (Å²) in [6.07, 6.45) is 2.97. The van der Waals surface area contributed by atoms with E-state index in [1.165, 1.54) is 6.07 Å². The van der Waals surface area contributed by atoms with Crippen molar-refractivity contribution in [2.24, 2.45) is 5.92 Å². The summed E-state index contributed by atoms with van der Waals surface area (Å²) in [5.74, 6) is 0.00883. The first-order valence-corrected chi connectivity index (χ1v) is 8.25. The van der Waals surface area contributed by atoms with Crippen LogP contribution in [0.4, 0.5) is 15.9 Å². The van der Waals surface area contributed by atoms with Gasteiger partial charge in [0.25, 0.3) is 0 Å². The molecular formula is C19H19FN4O. The van der Waals surface area contributed by atoms with Crippen molar-refractivity contribution in [3.63, 3.8) is 0 Å². The standard InChI is InChI=1S/C19H19FN4O/c1-13-4-7-22-18(10-13)23-19(25)15-5-8-24(9-6-15)17-3-2-14(12-21)11-16(17)20/h2-4,7,10-11,15H,5-6,8-9H2,1H3,(H,22,23,25). The molecule has 0 bridgehead atoms. The molecule has 0 unspecified atom stereocenters. The van der Waals surface area contributed by atoms with Gasteiger partial charge >= 0.3 is 0 Å². The summed E-state index contributed by atoms with van der Waals surface area (Å²) in [5.41, 5.74) is 1.83. The fourth-order valence-corrected chi connectivity index (χ4v) is 3.05. The third kappa shape index (κ3) is 3.94. The molecule has 1 saturated heterocycles. The molecule has 1 aromatic carbocycles. The fourth-order valence-electron chi connectivity index (χ4n) is 3.05. The van der Waals surface area contributed by atoms with Crippen molar-refractivity contribution in [1.29, 1.82) is 5.26 Å². The minimum Gasteiger partial charge on any atom is -0.369 e. The Hall–Kier alpha value is -2.94. The van der Waals surface area contributed by atoms with Gasteiger partial charge in [-0.05, 0) is 55.7 Å². The van der Waals surface area contributed by atoms with Gasteiger partial charge in [-0.2, -0.15) is 5.26 Å². The first-order valence-electron chi connectivity index (χ1n) is 8.25. The molecule has 1 N–H and O–H groups in total. The summed E-state index contributed by atoms with van der Waals surface area (Å²) in [6, 6.07) is 10.1. The lowest BCUT2D eigenvalue weighted by atomic mass is 9.95. The van der Waals surface area contributed by atoms with E-state index in [1.807, 2.05) is 30.0 Å². The normalized spacial score (nSPS) is 14.8. The van der Waals surface area contributed by atoms with Gasteiger partial charge in [-0.3, -0.25) is 4.79 Å². The Morgan fingerprint density at radius 2 is 2.08 bits per heavy atom. The molecule has 1 aliphatic rings. The lowest BCUT2D eigenvalue weighted by Crippen LogP contribution is -2.38. The van der Waals surface area contributed by atoms with Crippen LogP contribution in [0.25, 0.3) is 0 Å². The highest BCUT2D eigenvalue weighted by atomic mass is 19.1. The number of amides is 1. The lowest BCUT2D eigenvalue weighted by Gasteiger charge is -2.33. The topological polar surface area (TPSA) is 69.0 Å². The number of aryl methyl sites for hydroxylation is 1. The number of nitrogens with one attached hydrogen (secondary N) is 1. The average Bonchev–Trinajstić information content (AvgIpc) is 2.62. The van der Waals surface area contributed by atoms with Crippen molar-refractivity contribution < 1.29 is 9.18 Å². The number of anilines is 2. The Labute approximate surface area is 146 Å². The molecule has 0 atom stereocenters. The number of hydrogen-bond donors (Lipinski definition) is 1. The van der Waals surface area contributed by atoms with Gasteiger partial charge in [-0.15, -0.1) is 0 Å². The molecule has 1 fully saturated rings. The van der Waals surface area contributed by atoms with Crippen LogP contribution in [0.1, 0.15) is 24.0 Å². The first-order chi connectivity index (χ1) is 12.1. The minimum atomic E-state index is -0.397. The predicted molar refractivity (Wildman–Crippen MR) is 93.7 cm³/mol. The van der Waals surface area contributed by atoms with E-state index in [0.717, 1.165) is 5.56 Å². The summed E-state index contributed by atoms with van der Waals surface area (Å²) in [4.78, 5) is 18.5. The van der Waals surface area contributed by atoms with Crippen LogP contribution in [0.5, 0.6) is 0 Å². The van der Waals surface area contributed by atoms with E-state index in [4.69, 9.17) is 5.26 Å². The van der Waals surface area contributed by atoms with E-state index in [1.54, 1.807) is 18.3 Å². The van der Waals surface area contributed by atoms with Gasteiger partial charge in [-0.25, -0.2) is 9.37 Å². The van der Waals surface area contributed by atoms with Crippen LogP contribution in [-0.4, -0.2) is 24.0 Å². The molecule has 6 heteroatoms. The van der Waals surface area contributed by atoms with Crippen molar-refractivity contribution >= 4 is 17.4 Å². The zero-order valence-corrected chi connectivity index (χ0v) is 14.0. The number of pyridine rings is 1. The number of halogens is 1. The summed E-state index contributed by atoms with van der Waals surface area (Å²) < 4.78 is 14.1. The van der Waals surface area contributed by atoms with Gasteiger partial charge in [0.1, 0.15) is 11.6 Å². The maximum Gasteiger partial charge on any atom is 0.228 e. The molecule has 2 aromatic rings. The van der Waals surface area contributed by atoms with Gasteiger partial charge in [0, 0.05) is 25.2 Å². The van der Waals surface area contributed by atoms with Crippen molar-refractivity contribution in [2.45, 2.75) is 19.8 Å². The molecule has 3 rings (SSSR count). The molecule has 0 spiro atoms. The zero-order valence-electron chi connectivity index (χ0n) is 14.0. The Kier molecular flexibility index (Phi) is 4.94. The van der Waals surface area contributed by atoms with Gasteiger partial charge in [0.2, 0.25) is 5.91 Å². The molecule has 128 valence electrons. The molecule has 5 nitrogen and oxygen atoms in total. The van der Waals surface area contributed by atoms with Gasteiger partial charge < -0.3 is 10.2 Å². The molecule has 25 heavy (non-hydrogen) atoms. The van der Waals surface area contributed by atoms with Crippen LogP contribution >= 0.6 is 0 Å². The van der Waals surface area contributed by atoms with Gasteiger partial charge in [0.15, 0.2) is 0 Å². The molecule has 0 saturated carbocycles. The maximum atomic E-state index is 14.1. The fraction of sp³-hybridized carbons (Fsp3) is 0.316. The summed E-state index contributed by atoms with van der Waals surface area (Å²) in [7, 11) is 0. The largest absolute Gasteiger partial charge is 0.369 e. The van der Waals surface area contributed by atoms with Crippen molar-refractivity contribution in [3.05, 3.63) is 53.5 Å². The highest BCUT2D eigenvalue weighted by molar-refractivity contribution is 5.91. The summed E-state index contributed by atoms with van der Waals surface area (Å²) in [5, 5.41) is 11.7.